The van der Waals surface area contributed by atoms with Crippen molar-refractivity contribution >= 4 is 5.82 Å². The van der Waals surface area contributed by atoms with E-state index in [1.807, 2.05) is 20.8 Å². The van der Waals surface area contributed by atoms with E-state index in [4.69, 9.17) is 0 Å². The molecule has 0 aliphatic heterocycles. The van der Waals surface area contributed by atoms with Gasteiger partial charge in [0.05, 0.1) is 6.54 Å². The molecular formula is C14H21FN6. The zero-order chi connectivity index (χ0) is 15.5. The summed E-state index contributed by atoms with van der Waals surface area (Å²) >= 11 is 0. The predicted octanol–water partition coefficient (Wildman–Crippen LogP) is 1.85. The van der Waals surface area contributed by atoms with Crippen molar-refractivity contribution in [1.82, 2.24) is 25.1 Å². The number of halogens is 1. The molecule has 0 saturated heterocycles. The first-order chi connectivity index (χ1) is 9.85. The minimum atomic E-state index is -0.342. The quantitative estimate of drug-likeness (QED) is 0.880. The standard InChI is InChI=1S/C14H21FN6/c1-14(2,3)19-7-10-5-6-16-13(12(10)15)17-8-11-18-9-21(4)20-11/h5-6,9,19H,7-8H2,1-4H3,(H,16,17). The maximum Gasteiger partial charge on any atom is 0.169 e. The average molecular weight is 292 g/mol. The molecule has 114 valence electrons. The molecule has 0 atom stereocenters. The van der Waals surface area contributed by atoms with Crippen molar-refractivity contribution in [3.05, 3.63) is 35.8 Å². The fourth-order valence-electron chi connectivity index (χ4n) is 1.73. The van der Waals surface area contributed by atoms with Gasteiger partial charge in [-0.3, -0.25) is 4.68 Å². The minimum absolute atomic E-state index is 0.0683. The highest BCUT2D eigenvalue weighted by atomic mass is 19.1. The van der Waals surface area contributed by atoms with Crippen LogP contribution in [0.1, 0.15) is 32.2 Å². The van der Waals surface area contributed by atoms with Crippen molar-refractivity contribution in [3.8, 4) is 0 Å². The molecule has 0 aliphatic rings. The number of nitrogens with zero attached hydrogens (tertiary/aromatic N) is 4. The Morgan fingerprint density at radius 3 is 2.62 bits per heavy atom. The SMILES string of the molecule is Cn1cnc(CNc2nccc(CNC(C)(C)C)c2F)n1. The van der Waals surface area contributed by atoms with Crippen molar-refractivity contribution < 1.29 is 4.39 Å². The Balaban J connectivity index is 2.03. The molecule has 2 rings (SSSR count). The predicted molar refractivity (Wildman–Crippen MR) is 79.1 cm³/mol. The van der Waals surface area contributed by atoms with Crippen LogP contribution in [0.5, 0.6) is 0 Å². The Morgan fingerprint density at radius 2 is 2.00 bits per heavy atom. The van der Waals surface area contributed by atoms with E-state index in [0.29, 0.717) is 24.5 Å². The van der Waals surface area contributed by atoms with E-state index in [9.17, 15) is 4.39 Å². The number of pyridine rings is 1. The fraction of sp³-hybridized carbons (Fsp3) is 0.500. The normalized spacial score (nSPS) is 11.7. The van der Waals surface area contributed by atoms with E-state index >= 15 is 0 Å². The third-order valence-corrected chi connectivity index (χ3v) is 2.84. The molecule has 0 spiro atoms. The van der Waals surface area contributed by atoms with Gasteiger partial charge in [-0.25, -0.2) is 14.4 Å². The highest BCUT2D eigenvalue weighted by Crippen LogP contribution is 2.16. The Bertz CT molecular complexity index is 602. The summed E-state index contributed by atoms with van der Waals surface area (Å²) in [6.07, 6.45) is 3.20. The van der Waals surface area contributed by atoms with E-state index < -0.39 is 0 Å². The summed E-state index contributed by atoms with van der Waals surface area (Å²) in [4.78, 5) is 8.11. The summed E-state index contributed by atoms with van der Waals surface area (Å²) in [6.45, 7) is 6.91. The van der Waals surface area contributed by atoms with Gasteiger partial charge in [-0.1, -0.05) is 0 Å². The van der Waals surface area contributed by atoms with Gasteiger partial charge in [0.2, 0.25) is 0 Å². The summed E-state index contributed by atoms with van der Waals surface area (Å²) in [7, 11) is 1.79. The lowest BCUT2D eigenvalue weighted by Gasteiger charge is -2.21. The second kappa shape index (κ2) is 6.17. The van der Waals surface area contributed by atoms with Gasteiger partial charge in [-0.05, 0) is 26.8 Å². The van der Waals surface area contributed by atoms with Crippen molar-refractivity contribution in [2.24, 2.45) is 7.05 Å². The van der Waals surface area contributed by atoms with Crippen molar-refractivity contribution in [2.75, 3.05) is 5.32 Å². The molecule has 2 heterocycles. The molecule has 0 aliphatic carbocycles. The molecule has 0 amide bonds. The molecule has 7 heteroatoms. The van der Waals surface area contributed by atoms with Gasteiger partial charge < -0.3 is 10.6 Å². The Hall–Kier alpha value is -2.02. The molecule has 2 aromatic heterocycles. The molecule has 0 radical (unpaired) electrons. The monoisotopic (exact) mass is 292 g/mol. The fourth-order valence-corrected chi connectivity index (χ4v) is 1.73. The molecule has 21 heavy (non-hydrogen) atoms. The van der Waals surface area contributed by atoms with Crippen LogP contribution in [-0.2, 0) is 20.1 Å². The van der Waals surface area contributed by atoms with Crippen LogP contribution in [0.2, 0.25) is 0 Å². The second-order valence-electron chi connectivity index (χ2n) is 5.92. The Morgan fingerprint density at radius 1 is 1.24 bits per heavy atom. The van der Waals surface area contributed by atoms with Gasteiger partial charge in [-0.2, -0.15) is 5.10 Å². The molecule has 0 saturated carbocycles. The highest BCUT2D eigenvalue weighted by Gasteiger charge is 2.13. The third kappa shape index (κ3) is 4.49. The van der Waals surface area contributed by atoms with Gasteiger partial charge in [0.15, 0.2) is 17.5 Å². The summed E-state index contributed by atoms with van der Waals surface area (Å²) in [5.74, 6) is 0.470. The lowest BCUT2D eigenvalue weighted by atomic mass is 10.1. The van der Waals surface area contributed by atoms with E-state index in [-0.39, 0.29) is 17.2 Å². The molecule has 2 aromatic rings. The Kier molecular flexibility index (Phi) is 4.52. The van der Waals surface area contributed by atoms with Crippen molar-refractivity contribution in [1.29, 1.82) is 0 Å². The first kappa shape index (κ1) is 15.4. The van der Waals surface area contributed by atoms with Gasteiger partial charge in [0.25, 0.3) is 0 Å². The van der Waals surface area contributed by atoms with Gasteiger partial charge in [0, 0.05) is 30.9 Å². The number of anilines is 1. The lowest BCUT2D eigenvalue weighted by Crippen LogP contribution is -2.35. The van der Waals surface area contributed by atoms with Gasteiger partial charge >= 0.3 is 0 Å². The van der Waals surface area contributed by atoms with Crippen LogP contribution >= 0.6 is 0 Å². The molecule has 0 aromatic carbocycles. The second-order valence-corrected chi connectivity index (χ2v) is 5.92. The number of rotatable bonds is 5. The summed E-state index contributed by atoms with van der Waals surface area (Å²) in [5, 5.41) is 10.3. The van der Waals surface area contributed by atoms with Crippen LogP contribution in [0.15, 0.2) is 18.6 Å². The van der Waals surface area contributed by atoms with Crippen molar-refractivity contribution in [3.63, 3.8) is 0 Å². The first-order valence-corrected chi connectivity index (χ1v) is 6.82. The Labute approximate surface area is 123 Å². The largest absolute Gasteiger partial charge is 0.360 e. The van der Waals surface area contributed by atoms with Gasteiger partial charge in [-0.15, -0.1) is 0 Å². The number of aromatic nitrogens is 4. The average Bonchev–Trinajstić information content (AvgIpc) is 2.81. The zero-order valence-corrected chi connectivity index (χ0v) is 12.8. The molecule has 0 fully saturated rings. The lowest BCUT2D eigenvalue weighted by molar-refractivity contribution is 0.418. The molecule has 0 unspecified atom stereocenters. The van der Waals surface area contributed by atoms with Crippen LogP contribution in [0.25, 0.3) is 0 Å². The maximum absolute atomic E-state index is 14.3. The number of hydrogen-bond donors (Lipinski definition) is 2. The van der Waals surface area contributed by atoms with Gasteiger partial charge in [0.1, 0.15) is 6.33 Å². The summed E-state index contributed by atoms with van der Waals surface area (Å²) < 4.78 is 15.9. The summed E-state index contributed by atoms with van der Waals surface area (Å²) in [6, 6.07) is 1.68. The van der Waals surface area contributed by atoms with Crippen LogP contribution in [-0.4, -0.2) is 25.3 Å². The van der Waals surface area contributed by atoms with Crippen LogP contribution < -0.4 is 10.6 Å². The van der Waals surface area contributed by atoms with Crippen LogP contribution in [0.3, 0.4) is 0 Å². The maximum atomic E-state index is 14.3. The molecule has 0 bridgehead atoms. The van der Waals surface area contributed by atoms with Crippen LogP contribution in [0, 0.1) is 5.82 Å². The van der Waals surface area contributed by atoms with E-state index in [0.717, 1.165) is 0 Å². The molecule has 6 nitrogen and oxygen atoms in total. The number of hydrogen-bond acceptors (Lipinski definition) is 5. The molecule has 2 N–H and O–H groups in total. The number of nitrogens with one attached hydrogen (secondary N) is 2. The zero-order valence-electron chi connectivity index (χ0n) is 12.8. The first-order valence-electron chi connectivity index (χ1n) is 6.82. The third-order valence-electron chi connectivity index (χ3n) is 2.84. The smallest absolute Gasteiger partial charge is 0.169 e. The van der Waals surface area contributed by atoms with E-state index in [1.54, 1.807) is 30.3 Å². The highest BCUT2D eigenvalue weighted by molar-refractivity contribution is 5.40. The van der Waals surface area contributed by atoms with E-state index in [2.05, 4.69) is 25.7 Å². The minimum Gasteiger partial charge on any atom is -0.360 e. The topological polar surface area (TPSA) is 67.7 Å². The van der Waals surface area contributed by atoms with Crippen molar-refractivity contribution in [2.45, 2.75) is 39.4 Å². The van der Waals surface area contributed by atoms with Crippen LogP contribution in [0.4, 0.5) is 10.2 Å². The summed E-state index contributed by atoms with van der Waals surface area (Å²) in [5.41, 5.74) is 0.512. The molecular weight excluding hydrogens is 271 g/mol. The van der Waals surface area contributed by atoms with E-state index in [1.165, 1.54) is 0 Å². The number of aryl methyl sites for hydroxylation is 1.